The van der Waals surface area contributed by atoms with Gasteiger partial charge in [-0.25, -0.2) is 13.6 Å². The summed E-state index contributed by atoms with van der Waals surface area (Å²) in [6.45, 7) is 5.24. The second kappa shape index (κ2) is 7.78. The summed E-state index contributed by atoms with van der Waals surface area (Å²) in [5.41, 5.74) is 3.37. The fourth-order valence-electron chi connectivity index (χ4n) is 3.15. The fraction of sp³-hybridized carbons (Fsp3) is 0.200. The Balaban J connectivity index is 2.03. The third kappa shape index (κ3) is 4.07. The number of nitrogens with two attached hydrogens (primary N) is 1. The predicted octanol–water partition coefficient (Wildman–Crippen LogP) is 3.12. The van der Waals surface area contributed by atoms with Gasteiger partial charge in [-0.05, 0) is 56.2 Å². The smallest absolute Gasteiger partial charge is 0.282 e. The van der Waals surface area contributed by atoms with Gasteiger partial charge in [0.1, 0.15) is 5.76 Å². The number of hydrogen-bond donors (Lipinski definition) is 1. The zero-order valence-electron chi connectivity index (χ0n) is 16.5. The Morgan fingerprint density at radius 1 is 1.14 bits per heavy atom. The first kappa shape index (κ1) is 20.7. The molecule has 0 fully saturated rings. The van der Waals surface area contributed by atoms with Gasteiger partial charge in [-0.1, -0.05) is 23.4 Å². The molecular weight excluding hydrogens is 394 g/mol. The van der Waals surface area contributed by atoms with Crippen LogP contribution in [0.1, 0.15) is 27.4 Å². The number of primary sulfonamides is 1. The molecule has 0 aliphatic carbocycles. The van der Waals surface area contributed by atoms with Crippen molar-refractivity contribution in [3.05, 3.63) is 65.0 Å². The Bertz CT molecular complexity index is 1170. The molecular formula is C20H21N3O5S. The highest BCUT2D eigenvalue weighted by Crippen LogP contribution is 2.29. The molecule has 152 valence electrons. The topological polar surface area (TPSA) is 116 Å². The maximum Gasteiger partial charge on any atom is 0.282 e. The van der Waals surface area contributed by atoms with E-state index in [0.29, 0.717) is 22.6 Å². The quantitative estimate of drug-likeness (QED) is 0.640. The molecule has 0 aliphatic heterocycles. The van der Waals surface area contributed by atoms with Crippen molar-refractivity contribution >= 4 is 21.6 Å². The highest BCUT2D eigenvalue weighted by molar-refractivity contribution is 7.89. The van der Waals surface area contributed by atoms with Crippen LogP contribution in [-0.4, -0.2) is 26.6 Å². The van der Waals surface area contributed by atoms with Crippen LogP contribution in [0.3, 0.4) is 0 Å². The molecule has 1 heterocycles. The van der Waals surface area contributed by atoms with Crippen LogP contribution in [0, 0.1) is 20.8 Å². The number of carbonyl (C=O) groups excluding carboxylic acids is 1. The zero-order chi connectivity index (χ0) is 21.3. The second-order valence-electron chi connectivity index (χ2n) is 6.56. The Morgan fingerprint density at radius 3 is 2.45 bits per heavy atom. The number of aryl methyl sites for hydroxylation is 3. The molecule has 1 amide bonds. The summed E-state index contributed by atoms with van der Waals surface area (Å²) in [6, 6.07) is 11.4. The van der Waals surface area contributed by atoms with Crippen LogP contribution in [0.5, 0.6) is 0 Å². The van der Waals surface area contributed by atoms with Gasteiger partial charge in [-0.2, -0.15) is 5.06 Å². The van der Waals surface area contributed by atoms with Crippen molar-refractivity contribution in [1.82, 2.24) is 5.16 Å². The molecule has 3 aromatic rings. The van der Waals surface area contributed by atoms with Crippen LogP contribution in [0.4, 0.5) is 5.69 Å². The lowest BCUT2D eigenvalue weighted by molar-refractivity contribution is 0.0773. The van der Waals surface area contributed by atoms with E-state index in [2.05, 4.69) is 5.16 Å². The summed E-state index contributed by atoms with van der Waals surface area (Å²) in [5, 5.41) is 10.2. The van der Waals surface area contributed by atoms with Crippen LogP contribution in [0.25, 0.3) is 11.1 Å². The van der Waals surface area contributed by atoms with Gasteiger partial charge in [0.25, 0.3) is 5.91 Å². The monoisotopic (exact) mass is 415 g/mol. The Kier molecular flexibility index (Phi) is 5.56. The molecule has 0 saturated carbocycles. The minimum atomic E-state index is -3.94. The molecule has 3 rings (SSSR count). The molecule has 0 bridgehead atoms. The van der Waals surface area contributed by atoms with Gasteiger partial charge >= 0.3 is 0 Å². The fourth-order valence-corrected chi connectivity index (χ4v) is 3.95. The van der Waals surface area contributed by atoms with Gasteiger partial charge in [-0.3, -0.25) is 9.63 Å². The van der Waals surface area contributed by atoms with Crippen molar-refractivity contribution in [3.8, 4) is 11.1 Å². The molecule has 1 aromatic heterocycles. The third-order valence-electron chi connectivity index (χ3n) is 4.51. The summed E-state index contributed by atoms with van der Waals surface area (Å²) in [5.74, 6) is 0.178. The van der Waals surface area contributed by atoms with E-state index in [1.54, 1.807) is 44.2 Å². The summed E-state index contributed by atoms with van der Waals surface area (Å²) in [4.78, 5) is 18.3. The maximum atomic E-state index is 13.1. The van der Waals surface area contributed by atoms with Crippen molar-refractivity contribution in [2.75, 3.05) is 12.2 Å². The number of sulfonamides is 1. The maximum absolute atomic E-state index is 13.1. The van der Waals surface area contributed by atoms with Gasteiger partial charge in [0.2, 0.25) is 10.0 Å². The van der Waals surface area contributed by atoms with Crippen molar-refractivity contribution in [3.63, 3.8) is 0 Å². The number of amides is 1. The first-order chi connectivity index (χ1) is 13.6. The summed E-state index contributed by atoms with van der Waals surface area (Å²) >= 11 is 0. The van der Waals surface area contributed by atoms with Gasteiger partial charge < -0.3 is 4.52 Å². The average molecular weight is 415 g/mol. The first-order valence-corrected chi connectivity index (χ1v) is 10.2. The summed E-state index contributed by atoms with van der Waals surface area (Å²) in [7, 11) is -2.62. The Labute approximate surface area is 168 Å². The standard InChI is InChI=1S/C20H21N3O5S/c1-12-8-9-17(11-18(12)29(21,25)26)23(27-4)20(24)16-7-5-6-15(10-16)19-13(2)22-28-14(19)3/h5-11H,1-4H3,(H2,21,25,26). The molecule has 8 nitrogen and oxygen atoms in total. The van der Waals surface area contributed by atoms with Gasteiger partial charge in [-0.15, -0.1) is 0 Å². The number of rotatable bonds is 5. The van der Waals surface area contributed by atoms with Crippen LogP contribution >= 0.6 is 0 Å². The summed E-state index contributed by atoms with van der Waals surface area (Å²) < 4.78 is 28.8. The van der Waals surface area contributed by atoms with E-state index in [1.807, 2.05) is 13.0 Å². The van der Waals surface area contributed by atoms with Crippen molar-refractivity contribution < 1.29 is 22.6 Å². The van der Waals surface area contributed by atoms with Crippen LogP contribution in [0.2, 0.25) is 0 Å². The van der Waals surface area contributed by atoms with E-state index >= 15 is 0 Å². The molecule has 0 radical (unpaired) electrons. The van der Waals surface area contributed by atoms with E-state index < -0.39 is 15.9 Å². The number of aromatic nitrogens is 1. The second-order valence-corrected chi connectivity index (χ2v) is 8.09. The van der Waals surface area contributed by atoms with E-state index in [0.717, 1.165) is 16.2 Å². The highest BCUT2D eigenvalue weighted by Gasteiger charge is 2.22. The average Bonchev–Trinajstić information content (AvgIpc) is 3.01. The lowest BCUT2D eigenvalue weighted by Crippen LogP contribution is -2.30. The number of nitrogens with zero attached hydrogens (tertiary/aromatic N) is 2. The number of hydrogen-bond acceptors (Lipinski definition) is 6. The third-order valence-corrected chi connectivity index (χ3v) is 5.56. The Morgan fingerprint density at radius 2 is 1.86 bits per heavy atom. The molecule has 0 saturated heterocycles. The number of carbonyl (C=O) groups is 1. The number of anilines is 1. The van der Waals surface area contributed by atoms with E-state index in [1.165, 1.54) is 13.2 Å². The first-order valence-electron chi connectivity index (χ1n) is 8.69. The number of hydroxylamine groups is 1. The minimum Gasteiger partial charge on any atom is -0.361 e. The van der Waals surface area contributed by atoms with Crippen LogP contribution in [0.15, 0.2) is 51.9 Å². The Hall–Kier alpha value is -3.01. The minimum absolute atomic E-state index is 0.0747. The highest BCUT2D eigenvalue weighted by atomic mass is 32.2. The molecule has 0 unspecified atom stereocenters. The van der Waals surface area contributed by atoms with Crippen LogP contribution in [-0.2, 0) is 14.9 Å². The molecule has 2 N–H and O–H groups in total. The van der Waals surface area contributed by atoms with Gasteiger partial charge in [0.15, 0.2) is 0 Å². The lowest BCUT2D eigenvalue weighted by Gasteiger charge is -2.21. The zero-order valence-corrected chi connectivity index (χ0v) is 17.3. The largest absolute Gasteiger partial charge is 0.361 e. The van der Waals surface area contributed by atoms with E-state index in [9.17, 15) is 13.2 Å². The van der Waals surface area contributed by atoms with Crippen molar-refractivity contribution in [2.45, 2.75) is 25.7 Å². The van der Waals surface area contributed by atoms with Crippen molar-refractivity contribution in [1.29, 1.82) is 0 Å². The molecule has 0 atom stereocenters. The molecule has 9 heteroatoms. The van der Waals surface area contributed by atoms with E-state index in [-0.39, 0.29) is 10.6 Å². The summed E-state index contributed by atoms with van der Waals surface area (Å²) in [6.07, 6.45) is 0. The lowest BCUT2D eigenvalue weighted by atomic mass is 10.0. The van der Waals surface area contributed by atoms with Crippen molar-refractivity contribution in [2.24, 2.45) is 5.14 Å². The SMILES string of the molecule is CON(C(=O)c1cccc(-c2c(C)noc2C)c1)c1ccc(C)c(S(N)(=O)=O)c1. The van der Waals surface area contributed by atoms with Gasteiger partial charge in [0.05, 0.1) is 23.4 Å². The normalized spacial score (nSPS) is 11.5. The predicted molar refractivity (Wildman–Crippen MR) is 108 cm³/mol. The molecule has 0 aliphatic rings. The van der Waals surface area contributed by atoms with Crippen LogP contribution < -0.4 is 10.2 Å². The number of benzene rings is 2. The van der Waals surface area contributed by atoms with Gasteiger partial charge in [0, 0.05) is 11.1 Å². The molecule has 29 heavy (non-hydrogen) atoms. The van der Waals surface area contributed by atoms with E-state index in [4.69, 9.17) is 14.5 Å². The molecule has 2 aromatic carbocycles. The molecule has 0 spiro atoms.